The van der Waals surface area contributed by atoms with Crippen LogP contribution in [0.5, 0.6) is 5.75 Å². The van der Waals surface area contributed by atoms with Gasteiger partial charge in [-0.3, -0.25) is 9.69 Å². The van der Waals surface area contributed by atoms with Gasteiger partial charge in [-0.25, -0.2) is 4.79 Å². The average Bonchev–Trinajstić information content (AvgIpc) is 3.01. The molecular formula is C18H19N3O3. The smallest absolute Gasteiger partial charge is 0.321 e. The van der Waals surface area contributed by atoms with E-state index in [4.69, 9.17) is 4.74 Å². The fraction of sp³-hybridized carbons (Fsp3) is 0.222. The van der Waals surface area contributed by atoms with Gasteiger partial charge in [0.1, 0.15) is 5.75 Å². The molecule has 2 N–H and O–H groups in total. The Kier molecular flexibility index (Phi) is 4.37. The van der Waals surface area contributed by atoms with Gasteiger partial charge in [-0.2, -0.15) is 0 Å². The van der Waals surface area contributed by atoms with Crippen molar-refractivity contribution in [2.75, 3.05) is 30.4 Å². The molecule has 1 aliphatic rings. The highest BCUT2D eigenvalue weighted by atomic mass is 16.5. The summed E-state index contributed by atoms with van der Waals surface area (Å²) < 4.78 is 5.27. The van der Waals surface area contributed by atoms with Crippen molar-refractivity contribution in [1.29, 1.82) is 0 Å². The lowest BCUT2D eigenvalue weighted by Crippen LogP contribution is -2.27. The van der Waals surface area contributed by atoms with Gasteiger partial charge in [0.15, 0.2) is 0 Å². The number of rotatable bonds is 4. The number of carbonyl (C=O) groups excluding carboxylic acids is 2. The standard InChI is InChI=1S/C18H19N3O3/c1-12-3-8-16(24-2)15(11-12)20-17(22)13-4-6-14(7-5-13)21-10-9-19-18(21)23/h3-8,11H,9-10H2,1-2H3,(H,19,23)(H,20,22). The predicted octanol–water partition coefficient (Wildman–Crippen LogP) is 2.79. The van der Waals surface area contributed by atoms with E-state index < -0.39 is 0 Å². The second kappa shape index (κ2) is 6.62. The molecule has 0 bridgehead atoms. The van der Waals surface area contributed by atoms with E-state index in [2.05, 4.69) is 10.6 Å². The van der Waals surface area contributed by atoms with Crippen molar-refractivity contribution in [3.63, 3.8) is 0 Å². The molecule has 0 unspecified atom stereocenters. The Balaban J connectivity index is 1.76. The molecule has 1 aliphatic heterocycles. The van der Waals surface area contributed by atoms with E-state index >= 15 is 0 Å². The van der Waals surface area contributed by atoms with Crippen molar-refractivity contribution in [1.82, 2.24) is 5.32 Å². The molecular weight excluding hydrogens is 306 g/mol. The van der Waals surface area contributed by atoms with Crippen LogP contribution in [0.4, 0.5) is 16.2 Å². The van der Waals surface area contributed by atoms with Gasteiger partial charge < -0.3 is 15.4 Å². The fourth-order valence-corrected chi connectivity index (χ4v) is 2.62. The number of methoxy groups -OCH3 is 1. The van der Waals surface area contributed by atoms with E-state index in [1.54, 1.807) is 36.3 Å². The summed E-state index contributed by atoms with van der Waals surface area (Å²) in [5, 5.41) is 5.61. The van der Waals surface area contributed by atoms with Crippen LogP contribution in [-0.2, 0) is 0 Å². The third kappa shape index (κ3) is 3.17. The maximum absolute atomic E-state index is 12.4. The first-order valence-corrected chi connectivity index (χ1v) is 7.70. The van der Waals surface area contributed by atoms with Crippen molar-refractivity contribution >= 4 is 23.3 Å². The van der Waals surface area contributed by atoms with Gasteiger partial charge in [0, 0.05) is 24.3 Å². The van der Waals surface area contributed by atoms with Gasteiger partial charge in [0.05, 0.1) is 12.8 Å². The molecule has 124 valence electrons. The molecule has 1 fully saturated rings. The lowest BCUT2D eigenvalue weighted by Gasteiger charge is -2.15. The van der Waals surface area contributed by atoms with Gasteiger partial charge in [0.2, 0.25) is 0 Å². The number of benzene rings is 2. The Morgan fingerprint density at radius 3 is 2.58 bits per heavy atom. The summed E-state index contributed by atoms with van der Waals surface area (Å²) in [6, 6.07) is 12.4. The highest BCUT2D eigenvalue weighted by Gasteiger charge is 2.21. The molecule has 2 aromatic carbocycles. The van der Waals surface area contributed by atoms with Gasteiger partial charge in [-0.15, -0.1) is 0 Å². The molecule has 0 aliphatic carbocycles. The normalized spacial score (nSPS) is 13.6. The summed E-state index contributed by atoms with van der Waals surface area (Å²) >= 11 is 0. The van der Waals surface area contributed by atoms with Crippen molar-refractivity contribution in [3.8, 4) is 5.75 Å². The summed E-state index contributed by atoms with van der Waals surface area (Å²) in [5.74, 6) is 0.385. The summed E-state index contributed by atoms with van der Waals surface area (Å²) in [7, 11) is 1.57. The molecule has 0 saturated carbocycles. The molecule has 0 aromatic heterocycles. The number of ether oxygens (including phenoxy) is 1. The Morgan fingerprint density at radius 2 is 1.96 bits per heavy atom. The minimum atomic E-state index is -0.226. The third-order valence-electron chi connectivity index (χ3n) is 3.90. The van der Waals surface area contributed by atoms with E-state index in [0.717, 1.165) is 11.3 Å². The highest BCUT2D eigenvalue weighted by Crippen LogP contribution is 2.26. The molecule has 6 nitrogen and oxygen atoms in total. The number of hydrogen-bond acceptors (Lipinski definition) is 3. The molecule has 1 heterocycles. The van der Waals surface area contributed by atoms with Crippen LogP contribution in [0.15, 0.2) is 42.5 Å². The average molecular weight is 325 g/mol. The van der Waals surface area contributed by atoms with Crippen LogP contribution in [-0.4, -0.2) is 32.1 Å². The van der Waals surface area contributed by atoms with Gasteiger partial charge >= 0.3 is 6.03 Å². The zero-order valence-electron chi connectivity index (χ0n) is 13.6. The number of hydrogen-bond donors (Lipinski definition) is 2. The minimum Gasteiger partial charge on any atom is -0.495 e. The number of anilines is 2. The van der Waals surface area contributed by atoms with Crippen LogP contribution in [0.3, 0.4) is 0 Å². The van der Waals surface area contributed by atoms with Crippen LogP contribution in [0.25, 0.3) is 0 Å². The van der Waals surface area contributed by atoms with Crippen LogP contribution in [0.1, 0.15) is 15.9 Å². The van der Waals surface area contributed by atoms with E-state index in [1.807, 2.05) is 25.1 Å². The minimum absolute atomic E-state index is 0.114. The summed E-state index contributed by atoms with van der Waals surface area (Å²) in [6.45, 7) is 3.21. The van der Waals surface area contributed by atoms with Gasteiger partial charge in [-0.05, 0) is 48.9 Å². The Morgan fingerprint density at radius 1 is 1.21 bits per heavy atom. The maximum Gasteiger partial charge on any atom is 0.321 e. The largest absolute Gasteiger partial charge is 0.495 e. The molecule has 2 aromatic rings. The van der Waals surface area contributed by atoms with E-state index in [1.165, 1.54) is 0 Å². The number of nitrogens with one attached hydrogen (secondary N) is 2. The third-order valence-corrected chi connectivity index (χ3v) is 3.90. The number of urea groups is 1. The fourth-order valence-electron chi connectivity index (χ4n) is 2.62. The van der Waals surface area contributed by atoms with Crippen molar-refractivity contribution < 1.29 is 14.3 Å². The predicted molar refractivity (Wildman–Crippen MR) is 92.9 cm³/mol. The maximum atomic E-state index is 12.4. The lowest BCUT2D eigenvalue weighted by atomic mass is 10.1. The van der Waals surface area contributed by atoms with Crippen LogP contribution in [0, 0.1) is 6.92 Å². The Hall–Kier alpha value is -3.02. The number of carbonyl (C=O) groups is 2. The first-order valence-electron chi connectivity index (χ1n) is 7.70. The summed E-state index contributed by atoms with van der Waals surface area (Å²) in [5.41, 5.74) is 2.95. The molecule has 0 radical (unpaired) electrons. The number of aryl methyl sites for hydroxylation is 1. The van der Waals surface area contributed by atoms with E-state index in [-0.39, 0.29) is 11.9 Å². The molecule has 24 heavy (non-hydrogen) atoms. The van der Waals surface area contributed by atoms with Crippen LogP contribution < -0.4 is 20.3 Å². The zero-order chi connectivity index (χ0) is 17.1. The summed E-state index contributed by atoms with van der Waals surface area (Å²) in [4.78, 5) is 25.7. The van der Waals surface area contributed by atoms with Crippen molar-refractivity contribution in [3.05, 3.63) is 53.6 Å². The zero-order valence-corrected chi connectivity index (χ0v) is 13.6. The quantitative estimate of drug-likeness (QED) is 0.908. The second-order valence-corrected chi connectivity index (χ2v) is 5.59. The Bertz CT molecular complexity index is 772. The topological polar surface area (TPSA) is 70.7 Å². The first kappa shape index (κ1) is 15.9. The SMILES string of the molecule is COc1ccc(C)cc1NC(=O)c1ccc(N2CCNC2=O)cc1. The molecule has 3 amide bonds. The lowest BCUT2D eigenvalue weighted by molar-refractivity contribution is 0.102. The Labute approximate surface area is 140 Å². The molecule has 6 heteroatoms. The molecule has 0 atom stereocenters. The van der Waals surface area contributed by atoms with Crippen LogP contribution >= 0.6 is 0 Å². The molecule has 0 spiro atoms. The monoisotopic (exact) mass is 325 g/mol. The second-order valence-electron chi connectivity index (χ2n) is 5.59. The molecule has 3 rings (SSSR count). The van der Waals surface area contributed by atoms with Gasteiger partial charge in [0.25, 0.3) is 5.91 Å². The highest BCUT2D eigenvalue weighted by molar-refractivity contribution is 6.05. The van der Waals surface area contributed by atoms with Gasteiger partial charge in [-0.1, -0.05) is 6.07 Å². The number of nitrogens with zero attached hydrogens (tertiary/aromatic N) is 1. The first-order chi connectivity index (χ1) is 11.6. The van der Waals surface area contributed by atoms with E-state index in [0.29, 0.717) is 30.1 Å². The van der Waals surface area contributed by atoms with Crippen molar-refractivity contribution in [2.45, 2.75) is 6.92 Å². The van der Waals surface area contributed by atoms with Crippen LogP contribution in [0.2, 0.25) is 0 Å². The molecule has 1 saturated heterocycles. The summed E-state index contributed by atoms with van der Waals surface area (Å²) in [6.07, 6.45) is 0. The van der Waals surface area contributed by atoms with Crippen molar-refractivity contribution in [2.24, 2.45) is 0 Å². The number of amides is 3. The van der Waals surface area contributed by atoms with E-state index in [9.17, 15) is 9.59 Å².